The van der Waals surface area contributed by atoms with E-state index in [0.717, 1.165) is 0 Å². The Morgan fingerprint density at radius 1 is 0.172 bits per heavy atom. The van der Waals surface area contributed by atoms with Crippen molar-refractivity contribution >= 4 is 32.3 Å². The minimum absolute atomic E-state index is 1.20. The molecule has 11 rings (SSSR count). The third-order valence-corrected chi connectivity index (χ3v) is 11.9. The molecule has 0 saturated heterocycles. The Hall–Kier alpha value is -7.54. The van der Waals surface area contributed by atoms with E-state index in [1.807, 2.05) is 0 Å². The lowest BCUT2D eigenvalue weighted by atomic mass is 9.81. The van der Waals surface area contributed by atoms with Crippen molar-refractivity contribution in [2.24, 2.45) is 0 Å². The Labute approximate surface area is 339 Å². The summed E-state index contributed by atoms with van der Waals surface area (Å²) < 4.78 is 0. The van der Waals surface area contributed by atoms with Crippen molar-refractivity contribution in [1.29, 1.82) is 0 Å². The van der Waals surface area contributed by atoms with Gasteiger partial charge in [-0.3, -0.25) is 0 Å². The van der Waals surface area contributed by atoms with Gasteiger partial charge >= 0.3 is 0 Å². The lowest BCUT2D eigenvalue weighted by Gasteiger charge is -2.22. The van der Waals surface area contributed by atoms with Crippen molar-refractivity contribution in [3.63, 3.8) is 0 Å². The van der Waals surface area contributed by atoms with Crippen LogP contribution in [0.3, 0.4) is 0 Å². The first-order valence-electron chi connectivity index (χ1n) is 20.1. The lowest BCUT2D eigenvalue weighted by molar-refractivity contribution is 1.57. The van der Waals surface area contributed by atoms with Crippen LogP contribution in [0.2, 0.25) is 0 Å². The van der Waals surface area contributed by atoms with Crippen LogP contribution in [-0.2, 0) is 0 Å². The standard InChI is InChI=1S/C58H38/c1-6-16-39(17-7-1)45-28-30-47(41-20-10-3-11-21-41)54(36-45)49-32-26-44-27-33-52-56(38-53(43-24-14-5-15-25-43)51-35-34-50(49)57(44)58(51)52)55-37-46(40-18-8-2-9-19-40)29-31-48(55)42-22-12-4-13-23-42/h1-38H. The van der Waals surface area contributed by atoms with Crippen molar-refractivity contribution < 1.29 is 0 Å². The maximum atomic E-state index is 2.45. The second-order valence-corrected chi connectivity index (χ2v) is 15.2. The number of rotatable bonds is 7. The van der Waals surface area contributed by atoms with Crippen molar-refractivity contribution in [2.75, 3.05) is 0 Å². The minimum atomic E-state index is 1.20. The predicted octanol–water partition coefficient (Wildman–Crippen LogP) is 16.3. The molecule has 0 unspecified atom stereocenters. The van der Waals surface area contributed by atoms with Crippen molar-refractivity contribution in [2.45, 2.75) is 0 Å². The van der Waals surface area contributed by atoms with E-state index in [0.29, 0.717) is 0 Å². The third-order valence-electron chi connectivity index (χ3n) is 11.9. The molecular weight excluding hydrogens is 697 g/mol. The van der Waals surface area contributed by atoms with Crippen LogP contribution in [0.25, 0.3) is 110 Å². The second-order valence-electron chi connectivity index (χ2n) is 15.2. The highest BCUT2D eigenvalue weighted by Crippen LogP contribution is 2.49. The second kappa shape index (κ2) is 14.2. The summed E-state index contributed by atoms with van der Waals surface area (Å²) >= 11 is 0. The normalized spacial score (nSPS) is 11.4. The molecule has 0 aromatic heterocycles. The van der Waals surface area contributed by atoms with Crippen molar-refractivity contribution in [3.05, 3.63) is 231 Å². The van der Waals surface area contributed by atoms with E-state index in [2.05, 4.69) is 231 Å². The molecule has 0 N–H and O–H groups in total. The van der Waals surface area contributed by atoms with Crippen LogP contribution >= 0.6 is 0 Å². The first kappa shape index (κ1) is 33.8. The molecule has 0 radical (unpaired) electrons. The number of benzene rings is 11. The van der Waals surface area contributed by atoms with Crippen LogP contribution in [0.1, 0.15) is 0 Å². The summed E-state index contributed by atoms with van der Waals surface area (Å²) in [6.07, 6.45) is 0. The Kier molecular flexibility index (Phi) is 8.26. The highest BCUT2D eigenvalue weighted by molar-refractivity contribution is 6.30. The van der Waals surface area contributed by atoms with Gasteiger partial charge in [0.25, 0.3) is 0 Å². The Morgan fingerprint density at radius 2 is 0.534 bits per heavy atom. The van der Waals surface area contributed by atoms with Gasteiger partial charge in [0.05, 0.1) is 0 Å². The topological polar surface area (TPSA) is 0 Å². The van der Waals surface area contributed by atoms with Gasteiger partial charge in [0.1, 0.15) is 0 Å². The molecule has 0 amide bonds. The smallest absolute Gasteiger partial charge is 0.00141 e. The van der Waals surface area contributed by atoms with E-state index in [4.69, 9.17) is 0 Å². The highest BCUT2D eigenvalue weighted by atomic mass is 14.2. The minimum Gasteiger partial charge on any atom is -0.0622 e. The zero-order valence-electron chi connectivity index (χ0n) is 31.9. The molecule has 0 aliphatic rings. The van der Waals surface area contributed by atoms with Gasteiger partial charge in [0.15, 0.2) is 0 Å². The number of hydrogen-bond acceptors (Lipinski definition) is 0. The van der Waals surface area contributed by atoms with E-state index < -0.39 is 0 Å². The van der Waals surface area contributed by atoms with E-state index in [1.54, 1.807) is 0 Å². The fourth-order valence-corrected chi connectivity index (χ4v) is 9.10. The quantitative estimate of drug-likeness (QED) is 0.143. The van der Waals surface area contributed by atoms with Crippen LogP contribution < -0.4 is 0 Å². The van der Waals surface area contributed by atoms with Gasteiger partial charge in [-0.25, -0.2) is 0 Å². The predicted molar refractivity (Wildman–Crippen MR) is 248 cm³/mol. The summed E-state index contributed by atoms with van der Waals surface area (Å²) in [6, 6.07) is 84.6. The Bertz CT molecular complexity index is 3220. The molecular formula is C58H38. The van der Waals surface area contributed by atoms with Crippen molar-refractivity contribution in [3.8, 4) is 77.9 Å². The van der Waals surface area contributed by atoms with Crippen LogP contribution in [0.5, 0.6) is 0 Å². The summed E-state index contributed by atoms with van der Waals surface area (Å²) in [7, 11) is 0. The lowest BCUT2D eigenvalue weighted by Crippen LogP contribution is -1.95. The SMILES string of the molecule is c1ccc(-c2ccc(-c3ccccc3)c(-c3ccc4ccc5c(-c6cc(-c7ccccc7)ccc6-c6ccccc6)cc(-c6ccccc6)c6ccc3c4c65)c2)cc1. The molecule has 0 fully saturated rings. The van der Waals surface area contributed by atoms with Gasteiger partial charge in [0.2, 0.25) is 0 Å². The summed E-state index contributed by atoms with van der Waals surface area (Å²) in [5.41, 5.74) is 17.1. The van der Waals surface area contributed by atoms with Crippen molar-refractivity contribution in [1.82, 2.24) is 0 Å². The van der Waals surface area contributed by atoms with Gasteiger partial charge in [-0.15, -0.1) is 0 Å². The summed E-state index contributed by atoms with van der Waals surface area (Å²) in [6.45, 7) is 0. The largest absolute Gasteiger partial charge is 0.0622 e. The van der Waals surface area contributed by atoms with Crippen LogP contribution in [0.4, 0.5) is 0 Å². The van der Waals surface area contributed by atoms with Gasteiger partial charge in [-0.2, -0.15) is 0 Å². The zero-order chi connectivity index (χ0) is 38.4. The van der Waals surface area contributed by atoms with E-state index in [1.165, 1.54) is 110 Å². The maximum absolute atomic E-state index is 2.45. The van der Waals surface area contributed by atoms with E-state index >= 15 is 0 Å². The fourth-order valence-electron chi connectivity index (χ4n) is 9.10. The van der Waals surface area contributed by atoms with Crippen LogP contribution in [-0.4, -0.2) is 0 Å². The molecule has 270 valence electrons. The maximum Gasteiger partial charge on any atom is -0.00141 e. The molecule has 0 aliphatic heterocycles. The summed E-state index contributed by atoms with van der Waals surface area (Å²) in [5.74, 6) is 0. The summed E-state index contributed by atoms with van der Waals surface area (Å²) in [5, 5.41) is 7.63. The molecule has 0 nitrogen and oxygen atoms in total. The van der Waals surface area contributed by atoms with Gasteiger partial charge in [-0.05, 0) is 128 Å². The monoisotopic (exact) mass is 734 g/mol. The number of hydrogen-bond donors (Lipinski definition) is 0. The average molecular weight is 735 g/mol. The fraction of sp³-hybridized carbons (Fsp3) is 0. The first-order valence-corrected chi connectivity index (χ1v) is 20.1. The molecule has 0 spiro atoms. The average Bonchev–Trinajstić information content (AvgIpc) is 3.31. The molecule has 0 atom stereocenters. The highest BCUT2D eigenvalue weighted by Gasteiger charge is 2.21. The van der Waals surface area contributed by atoms with Gasteiger partial charge in [-0.1, -0.05) is 212 Å². The van der Waals surface area contributed by atoms with Gasteiger partial charge < -0.3 is 0 Å². The molecule has 0 heteroatoms. The molecule has 0 heterocycles. The van der Waals surface area contributed by atoms with Crippen LogP contribution in [0.15, 0.2) is 231 Å². The molecule has 0 aliphatic carbocycles. The Balaban J connectivity index is 1.24. The molecule has 0 saturated carbocycles. The molecule has 58 heavy (non-hydrogen) atoms. The first-order chi connectivity index (χ1) is 28.8. The zero-order valence-corrected chi connectivity index (χ0v) is 31.9. The third kappa shape index (κ3) is 5.78. The van der Waals surface area contributed by atoms with E-state index in [-0.39, 0.29) is 0 Å². The molecule has 0 bridgehead atoms. The molecule has 11 aromatic rings. The van der Waals surface area contributed by atoms with Gasteiger partial charge in [0, 0.05) is 0 Å². The molecule has 11 aromatic carbocycles. The van der Waals surface area contributed by atoms with Crippen LogP contribution in [0, 0.1) is 0 Å². The Morgan fingerprint density at radius 3 is 1.03 bits per heavy atom. The summed E-state index contributed by atoms with van der Waals surface area (Å²) in [4.78, 5) is 0. The van der Waals surface area contributed by atoms with E-state index in [9.17, 15) is 0 Å².